The van der Waals surface area contributed by atoms with E-state index in [9.17, 15) is 9.50 Å². The maximum absolute atomic E-state index is 12.8. The number of halogens is 1. The number of phenols is 1. The van der Waals surface area contributed by atoms with E-state index in [0.29, 0.717) is 0 Å². The molecule has 0 spiro atoms. The van der Waals surface area contributed by atoms with Gasteiger partial charge < -0.3 is 10.8 Å². The Balaban J connectivity index is 3.02. The molecule has 4 heteroatoms. The molecule has 1 rings (SSSR count). The van der Waals surface area contributed by atoms with Crippen molar-refractivity contribution in [2.75, 3.05) is 0 Å². The summed E-state index contributed by atoms with van der Waals surface area (Å²) in [6.07, 6.45) is 0.0526. The fraction of sp³-hybridized carbons (Fsp3) is 0.222. The van der Waals surface area contributed by atoms with Crippen LogP contribution in [-0.4, -0.2) is 5.11 Å². The molecule has 3 N–H and O–H groups in total. The van der Waals surface area contributed by atoms with E-state index in [1.807, 2.05) is 6.07 Å². The molecule has 1 aromatic carbocycles. The molecule has 3 nitrogen and oxygen atoms in total. The van der Waals surface area contributed by atoms with Gasteiger partial charge in [-0.25, -0.2) is 4.39 Å². The lowest BCUT2D eigenvalue weighted by atomic mass is 10.0. The van der Waals surface area contributed by atoms with Crippen molar-refractivity contribution in [2.24, 2.45) is 5.73 Å². The Morgan fingerprint density at radius 2 is 2.31 bits per heavy atom. The maximum Gasteiger partial charge on any atom is 0.165 e. The average molecular weight is 180 g/mol. The van der Waals surface area contributed by atoms with Gasteiger partial charge in [0.1, 0.15) is 0 Å². The Bertz CT molecular complexity index is 346. The summed E-state index contributed by atoms with van der Waals surface area (Å²) in [6, 6.07) is 5.30. The van der Waals surface area contributed by atoms with Crippen LogP contribution in [0.2, 0.25) is 0 Å². The van der Waals surface area contributed by atoms with Crippen molar-refractivity contribution >= 4 is 0 Å². The van der Waals surface area contributed by atoms with Gasteiger partial charge in [-0.1, -0.05) is 12.1 Å². The van der Waals surface area contributed by atoms with Crippen LogP contribution in [0.4, 0.5) is 4.39 Å². The Kier molecular flexibility index (Phi) is 2.83. The third kappa shape index (κ3) is 1.95. The Morgan fingerprint density at radius 3 is 2.92 bits per heavy atom. The van der Waals surface area contributed by atoms with Crippen LogP contribution in [0.5, 0.6) is 5.75 Å². The van der Waals surface area contributed by atoms with Crippen molar-refractivity contribution < 1.29 is 9.50 Å². The van der Waals surface area contributed by atoms with Gasteiger partial charge in [0.2, 0.25) is 0 Å². The first kappa shape index (κ1) is 9.49. The monoisotopic (exact) mass is 180 g/mol. The van der Waals surface area contributed by atoms with Crippen molar-refractivity contribution in [3.63, 3.8) is 0 Å². The first-order valence-corrected chi connectivity index (χ1v) is 3.76. The van der Waals surface area contributed by atoms with Gasteiger partial charge in [0.15, 0.2) is 11.6 Å². The van der Waals surface area contributed by atoms with Crippen LogP contribution in [0.15, 0.2) is 18.2 Å². The lowest BCUT2D eigenvalue weighted by Gasteiger charge is -2.09. The minimum atomic E-state index is -0.717. The van der Waals surface area contributed by atoms with Crippen molar-refractivity contribution in [1.29, 1.82) is 5.26 Å². The first-order chi connectivity index (χ1) is 6.16. The number of hydrogen-bond acceptors (Lipinski definition) is 3. The Hall–Kier alpha value is -1.60. The third-order valence-corrected chi connectivity index (χ3v) is 1.73. The zero-order chi connectivity index (χ0) is 9.84. The van der Waals surface area contributed by atoms with E-state index < -0.39 is 17.6 Å². The predicted molar refractivity (Wildman–Crippen MR) is 45.2 cm³/mol. The van der Waals surface area contributed by atoms with Crippen molar-refractivity contribution in [1.82, 2.24) is 0 Å². The molecule has 0 aliphatic rings. The molecule has 1 aromatic rings. The number of rotatable bonds is 2. The molecule has 1 atom stereocenters. The fourth-order valence-corrected chi connectivity index (χ4v) is 1.04. The lowest BCUT2D eigenvalue weighted by molar-refractivity contribution is 0.421. The minimum Gasteiger partial charge on any atom is -0.505 e. The standard InChI is InChI=1S/C9H9FN2O/c10-7-3-1-2-6(9(7)13)8(12)4-5-11/h1-3,8,13H,4,12H2/t8-/m1/s1. The smallest absolute Gasteiger partial charge is 0.165 e. The van der Waals surface area contributed by atoms with Crippen LogP contribution in [0.25, 0.3) is 0 Å². The number of nitriles is 1. The number of para-hydroxylation sites is 1. The summed E-state index contributed by atoms with van der Waals surface area (Å²) in [6.45, 7) is 0. The number of nitrogens with two attached hydrogens (primary N) is 1. The molecule has 0 saturated heterocycles. The van der Waals surface area contributed by atoms with Crippen LogP contribution in [-0.2, 0) is 0 Å². The van der Waals surface area contributed by atoms with E-state index in [1.165, 1.54) is 12.1 Å². The second-order valence-electron chi connectivity index (χ2n) is 2.65. The molecule has 13 heavy (non-hydrogen) atoms. The van der Waals surface area contributed by atoms with Crippen LogP contribution in [0, 0.1) is 17.1 Å². The van der Waals surface area contributed by atoms with Crippen molar-refractivity contribution in [3.8, 4) is 11.8 Å². The van der Waals surface area contributed by atoms with Gasteiger partial charge in [-0.15, -0.1) is 0 Å². The van der Waals surface area contributed by atoms with Crippen molar-refractivity contribution in [3.05, 3.63) is 29.6 Å². The number of benzene rings is 1. The SMILES string of the molecule is N#CC[C@@H](N)c1cccc(F)c1O. The highest BCUT2D eigenvalue weighted by Gasteiger charge is 2.12. The van der Waals surface area contributed by atoms with Crippen LogP contribution in [0.1, 0.15) is 18.0 Å². The molecule has 0 radical (unpaired) electrons. The molecule has 0 amide bonds. The molecule has 0 aliphatic carbocycles. The van der Waals surface area contributed by atoms with Gasteiger partial charge in [-0.2, -0.15) is 5.26 Å². The van der Waals surface area contributed by atoms with E-state index in [2.05, 4.69) is 0 Å². The second kappa shape index (κ2) is 3.87. The molecule has 0 fully saturated rings. The molecule has 0 unspecified atom stereocenters. The summed E-state index contributed by atoms with van der Waals surface area (Å²) >= 11 is 0. The minimum absolute atomic E-state index is 0.0526. The molecule has 0 aromatic heterocycles. The summed E-state index contributed by atoms with van der Waals surface area (Å²) in [5.41, 5.74) is 5.79. The van der Waals surface area contributed by atoms with Gasteiger partial charge in [-0.3, -0.25) is 0 Å². The topological polar surface area (TPSA) is 70.0 Å². The van der Waals surface area contributed by atoms with E-state index in [4.69, 9.17) is 11.0 Å². The largest absolute Gasteiger partial charge is 0.505 e. The normalized spacial score (nSPS) is 12.1. The zero-order valence-corrected chi connectivity index (χ0v) is 6.87. The van der Waals surface area contributed by atoms with E-state index >= 15 is 0 Å². The zero-order valence-electron chi connectivity index (χ0n) is 6.87. The highest BCUT2D eigenvalue weighted by atomic mass is 19.1. The summed E-state index contributed by atoms with van der Waals surface area (Å²) in [5, 5.41) is 17.6. The third-order valence-electron chi connectivity index (χ3n) is 1.73. The average Bonchev–Trinajstić information content (AvgIpc) is 2.10. The van der Waals surface area contributed by atoms with Gasteiger partial charge in [0.25, 0.3) is 0 Å². The molecular weight excluding hydrogens is 171 g/mol. The van der Waals surface area contributed by atoms with E-state index in [1.54, 1.807) is 0 Å². The van der Waals surface area contributed by atoms with Crippen LogP contribution < -0.4 is 5.73 Å². The lowest BCUT2D eigenvalue weighted by Crippen LogP contribution is -2.09. The summed E-state index contributed by atoms with van der Waals surface area (Å²) in [4.78, 5) is 0. The number of hydrogen-bond donors (Lipinski definition) is 2. The van der Waals surface area contributed by atoms with Gasteiger partial charge in [-0.05, 0) is 6.07 Å². The molecular formula is C9H9FN2O. The Morgan fingerprint density at radius 1 is 1.62 bits per heavy atom. The summed E-state index contributed by atoms with van der Waals surface area (Å²) < 4.78 is 12.8. The molecule has 0 saturated carbocycles. The molecule has 68 valence electrons. The predicted octanol–water partition coefficient (Wildman–Crippen LogP) is 1.44. The van der Waals surface area contributed by atoms with Crippen LogP contribution >= 0.6 is 0 Å². The summed E-state index contributed by atoms with van der Waals surface area (Å²) in [5.74, 6) is -1.18. The van der Waals surface area contributed by atoms with Crippen molar-refractivity contribution in [2.45, 2.75) is 12.5 Å². The quantitative estimate of drug-likeness (QED) is 0.723. The van der Waals surface area contributed by atoms with Gasteiger partial charge in [0.05, 0.1) is 12.5 Å². The highest BCUT2D eigenvalue weighted by molar-refractivity contribution is 5.36. The molecule has 0 bridgehead atoms. The molecule has 0 aliphatic heterocycles. The van der Waals surface area contributed by atoms with Gasteiger partial charge >= 0.3 is 0 Å². The number of phenolic OH excluding ortho intramolecular Hbond substituents is 1. The Labute approximate surface area is 75.2 Å². The first-order valence-electron chi connectivity index (χ1n) is 3.76. The maximum atomic E-state index is 12.8. The fourth-order valence-electron chi connectivity index (χ4n) is 1.04. The number of nitrogens with zero attached hydrogens (tertiary/aromatic N) is 1. The van der Waals surface area contributed by atoms with Gasteiger partial charge in [0, 0.05) is 11.6 Å². The van der Waals surface area contributed by atoms with Crippen LogP contribution in [0.3, 0.4) is 0 Å². The molecule has 0 heterocycles. The van der Waals surface area contributed by atoms with E-state index in [-0.39, 0.29) is 12.0 Å². The second-order valence-corrected chi connectivity index (χ2v) is 2.65. The summed E-state index contributed by atoms with van der Waals surface area (Å²) in [7, 11) is 0. The van der Waals surface area contributed by atoms with E-state index in [0.717, 1.165) is 6.07 Å². The number of aromatic hydroxyl groups is 1. The highest BCUT2D eigenvalue weighted by Crippen LogP contribution is 2.26.